The van der Waals surface area contributed by atoms with Crippen LogP contribution in [-0.2, 0) is 11.2 Å². The third-order valence-corrected chi connectivity index (χ3v) is 7.92. The molecule has 1 unspecified atom stereocenters. The number of carbonyl (C=O) groups is 3. The lowest BCUT2D eigenvalue weighted by Crippen LogP contribution is -2.50. The molecule has 8 nitrogen and oxygen atoms in total. The number of rotatable bonds is 11. The molecule has 2 aromatic carbocycles. The lowest BCUT2D eigenvalue weighted by Gasteiger charge is -2.35. The van der Waals surface area contributed by atoms with Crippen molar-refractivity contribution in [1.29, 1.82) is 0 Å². The van der Waals surface area contributed by atoms with Crippen molar-refractivity contribution in [3.8, 4) is 0 Å². The first kappa shape index (κ1) is 30.8. The molecule has 0 radical (unpaired) electrons. The van der Waals surface area contributed by atoms with E-state index in [0.717, 1.165) is 31.2 Å². The van der Waals surface area contributed by atoms with Crippen LogP contribution in [0.2, 0.25) is 0 Å². The van der Waals surface area contributed by atoms with Gasteiger partial charge in [-0.2, -0.15) is 0 Å². The van der Waals surface area contributed by atoms with Crippen LogP contribution in [0, 0.1) is 11.7 Å². The summed E-state index contributed by atoms with van der Waals surface area (Å²) in [6.07, 6.45) is 7.66. The van der Waals surface area contributed by atoms with Gasteiger partial charge in [0.25, 0.3) is 11.8 Å². The molecule has 42 heavy (non-hydrogen) atoms. The second-order valence-corrected chi connectivity index (χ2v) is 11.1. The molecule has 1 saturated heterocycles. The van der Waals surface area contributed by atoms with E-state index in [9.17, 15) is 18.8 Å². The van der Waals surface area contributed by atoms with Crippen LogP contribution in [0.15, 0.2) is 73.1 Å². The zero-order chi connectivity index (χ0) is 30.1. The van der Waals surface area contributed by atoms with Crippen LogP contribution in [0.5, 0.6) is 0 Å². The molecular formula is C33H40FN5O3. The average Bonchev–Trinajstić information content (AvgIpc) is 3.01. The molecule has 0 aliphatic carbocycles. The van der Waals surface area contributed by atoms with Gasteiger partial charge in [-0.25, -0.2) is 4.39 Å². The molecule has 9 heteroatoms. The molecule has 3 amide bonds. The molecule has 4 N–H and O–H groups in total. The summed E-state index contributed by atoms with van der Waals surface area (Å²) in [7, 11) is 0. The van der Waals surface area contributed by atoms with Gasteiger partial charge in [0.05, 0.1) is 11.1 Å². The predicted molar refractivity (Wildman–Crippen MR) is 161 cm³/mol. The Labute approximate surface area is 246 Å². The fraction of sp³-hybridized carbons (Fsp3) is 0.394. The van der Waals surface area contributed by atoms with Crippen molar-refractivity contribution >= 4 is 23.4 Å². The molecular weight excluding hydrogens is 533 g/mol. The molecule has 1 fully saturated rings. The first-order chi connectivity index (χ1) is 20.2. The number of nitrogens with one attached hydrogen (secondary N) is 2. The summed E-state index contributed by atoms with van der Waals surface area (Å²) in [4.78, 5) is 45.7. The highest BCUT2D eigenvalue weighted by atomic mass is 19.1. The van der Waals surface area contributed by atoms with Crippen molar-refractivity contribution in [2.24, 2.45) is 11.7 Å². The average molecular weight is 574 g/mol. The van der Waals surface area contributed by atoms with Gasteiger partial charge in [-0.15, -0.1) is 0 Å². The number of pyridine rings is 1. The van der Waals surface area contributed by atoms with E-state index in [0.29, 0.717) is 30.6 Å². The molecule has 1 aromatic heterocycles. The van der Waals surface area contributed by atoms with Crippen LogP contribution >= 0.6 is 0 Å². The van der Waals surface area contributed by atoms with Gasteiger partial charge in [0.2, 0.25) is 5.91 Å². The fourth-order valence-electron chi connectivity index (χ4n) is 5.45. The zero-order valence-corrected chi connectivity index (χ0v) is 24.3. The van der Waals surface area contributed by atoms with E-state index >= 15 is 0 Å². The van der Waals surface area contributed by atoms with E-state index in [4.69, 9.17) is 5.73 Å². The lowest BCUT2D eigenvalue weighted by atomic mass is 9.92. The van der Waals surface area contributed by atoms with Crippen molar-refractivity contribution in [3.05, 3.63) is 95.6 Å². The molecule has 0 bridgehead atoms. The number of halogens is 1. The maximum absolute atomic E-state index is 13.5. The number of hydrogen-bond acceptors (Lipinski definition) is 5. The Morgan fingerprint density at radius 2 is 1.76 bits per heavy atom. The number of benzene rings is 2. The van der Waals surface area contributed by atoms with Gasteiger partial charge in [0, 0.05) is 48.7 Å². The third-order valence-electron chi connectivity index (χ3n) is 7.92. The zero-order valence-electron chi connectivity index (χ0n) is 24.3. The summed E-state index contributed by atoms with van der Waals surface area (Å²) in [5.74, 6) is -1.60. The van der Waals surface area contributed by atoms with Crippen molar-refractivity contribution in [2.45, 2.75) is 70.5 Å². The van der Waals surface area contributed by atoms with Crippen LogP contribution in [0.4, 0.5) is 10.1 Å². The topological polar surface area (TPSA) is 117 Å². The fourth-order valence-corrected chi connectivity index (χ4v) is 5.45. The molecule has 1 aliphatic heterocycles. The molecule has 4 rings (SSSR count). The van der Waals surface area contributed by atoms with Crippen LogP contribution in [0.25, 0.3) is 0 Å². The number of aromatic nitrogens is 1. The first-order valence-corrected chi connectivity index (χ1v) is 14.7. The molecule has 1 aliphatic rings. The van der Waals surface area contributed by atoms with Crippen molar-refractivity contribution in [2.75, 3.05) is 11.9 Å². The second-order valence-electron chi connectivity index (χ2n) is 11.1. The number of nitrogens with zero attached hydrogens (tertiary/aromatic N) is 2. The third kappa shape index (κ3) is 8.22. The SMILES string of the molecule is CCC1CCCCN1C(=O)c1cncc(C(=O)N[C@@H](Cc2ccccc2)[C@@H](N)C[C@@H](C)C(=O)Nc2ccc(F)cc2)c1. The molecule has 0 saturated carbocycles. The van der Waals surface area contributed by atoms with Crippen LogP contribution < -0.4 is 16.4 Å². The van der Waals surface area contributed by atoms with E-state index in [1.807, 2.05) is 35.2 Å². The lowest BCUT2D eigenvalue weighted by molar-refractivity contribution is -0.119. The number of anilines is 1. The Hall–Kier alpha value is -4.11. The number of piperidine rings is 1. The monoisotopic (exact) mass is 573 g/mol. The van der Waals surface area contributed by atoms with Gasteiger partial charge in [0.1, 0.15) is 5.82 Å². The molecule has 3 aromatic rings. The highest BCUT2D eigenvalue weighted by Crippen LogP contribution is 2.22. The minimum absolute atomic E-state index is 0.109. The molecule has 4 atom stereocenters. The maximum atomic E-state index is 13.5. The van der Waals surface area contributed by atoms with E-state index in [1.54, 1.807) is 13.0 Å². The Morgan fingerprint density at radius 3 is 2.48 bits per heavy atom. The summed E-state index contributed by atoms with van der Waals surface area (Å²) in [6.45, 7) is 4.56. The summed E-state index contributed by atoms with van der Waals surface area (Å²) in [6, 6.07) is 16.0. The highest BCUT2D eigenvalue weighted by Gasteiger charge is 2.28. The van der Waals surface area contributed by atoms with E-state index < -0.39 is 18.0 Å². The highest BCUT2D eigenvalue weighted by molar-refractivity contribution is 5.99. The Kier molecular flexibility index (Phi) is 10.8. The van der Waals surface area contributed by atoms with Crippen LogP contribution in [0.1, 0.15) is 72.2 Å². The number of likely N-dealkylation sites (tertiary alicyclic amines) is 1. The van der Waals surface area contributed by atoms with Gasteiger partial charge in [0.15, 0.2) is 0 Å². The van der Waals surface area contributed by atoms with E-state index in [-0.39, 0.29) is 35.1 Å². The predicted octanol–water partition coefficient (Wildman–Crippen LogP) is 4.96. The Balaban J connectivity index is 1.46. The summed E-state index contributed by atoms with van der Waals surface area (Å²) >= 11 is 0. The van der Waals surface area contributed by atoms with Gasteiger partial charge in [-0.1, -0.05) is 44.2 Å². The largest absolute Gasteiger partial charge is 0.347 e. The van der Waals surface area contributed by atoms with Crippen molar-refractivity contribution in [1.82, 2.24) is 15.2 Å². The Bertz CT molecular complexity index is 1350. The number of hydrogen-bond donors (Lipinski definition) is 3. The standard InChI is InChI=1S/C33H40FN5O3/c1-3-28-11-7-8-16-39(28)33(42)25-19-24(20-36-21-25)32(41)38-30(18-23-9-5-4-6-10-23)29(35)17-22(2)31(40)37-27-14-12-26(34)13-15-27/h4-6,9-10,12-15,19-22,28-30H,3,7-8,11,16-18,35H2,1-2H3,(H,37,40)(H,38,41)/t22-,28?,29+,30+/m1/s1. The van der Waals surface area contributed by atoms with Crippen LogP contribution in [0.3, 0.4) is 0 Å². The Morgan fingerprint density at radius 1 is 1.05 bits per heavy atom. The number of nitrogens with two attached hydrogens (primary N) is 1. The quantitative estimate of drug-likeness (QED) is 0.300. The van der Waals surface area contributed by atoms with Gasteiger partial charge < -0.3 is 21.3 Å². The van der Waals surface area contributed by atoms with Gasteiger partial charge in [-0.05, 0) is 74.4 Å². The smallest absolute Gasteiger partial charge is 0.255 e. The van der Waals surface area contributed by atoms with E-state index in [1.165, 1.54) is 36.7 Å². The summed E-state index contributed by atoms with van der Waals surface area (Å²) < 4.78 is 13.2. The summed E-state index contributed by atoms with van der Waals surface area (Å²) in [5, 5.41) is 5.83. The van der Waals surface area contributed by atoms with Crippen molar-refractivity contribution < 1.29 is 18.8 Å². The number of amides is 3. The van der Waals surface area contributed by atoms with Crippen molar-refractivity contribution in [3.63, 3.8) is 0 Å². The van der Waals surface area contributed by atoms with E-state index in [2.05, 4.69) is 22.5 Å². The maximum Gasteiger partial charge on any atom is 0.255 e. The first-order valence-electron chi connectivity index (χ1n) is 14.7. The normalized spacial score (nSPS) is 17.1. The summed E-state index contributed by atoms with van der Waals surface area (Å²) in [5.41, 5.74) is 8.77. The van der Waals surface area contributed by atoms with Gasteiger partial charge in [-0.3, -0.25) is 19.4 Å². The molecule has 222 valence electrons. The van der Waals surface area contributed by atoms with Crippen LogP contribution in [-0.4, -0.2) is 52.3 Å². The minimum Gasteiger partial charge on any atom is -0.347 e. The van der Waals surface area contributed by atoms with Gasteiger partial charge >= 0.3 is 0 Å². The molecule has 2 heterocycles. The second kappa shape index (κ2) is 14.7. The minimum atomic E-state index is -0.556. The molecule has 0 spiro atoms. The number of carbonyl (C=O) groups excluding carboxylic acids is 3.